The molecule has 2 N–H and O–H groups in total. The van der Waals surface area contributed by atoms with Gasteiger partial charge in [-0.1, -0.05) is 37.3 Å². The minimum absolute atomic E-state index is 0.177. The molecule has 7 nitrogen and oxygen atoms in total. The first kappa shape index (κ1) is 17.1. The van der Waals surface area contributed by atoms with Gasteiger partial charge in [0.2, 0.25) is 15.2 Å². The van der Waals surface area contributed by atoms with E-state index in [1.54, 1.807) is 29.5 Å². The van der Waals surface area contributed by atoms with Crippen molar-refractivity contribution < 1.29 is 8.42 Å². The van der Waals surface area contributed by atoms with E-state index in [4.69, 9.17) is 5.14 Å². The highest BCUT2D eigenvalue weighted by Gasteiger charge is 2.24. The van der Waals surface area contributed by atoms with Crippen LogP contribution in [0.4, 0.5) is 10.8 Å². The lowest BCUT2D eigenvalue weighted by Gasteiger charge is -2.36. The third kappa shape index (κ3) is 3.52. The van der Waals surface area contributed by atoms with Crippen LogP contribution in [0, 0.1) is 0 Å². The number of para-hydroxylation sites is 1. The molecule has 1 fully saturated rings. The fourth-order valence-electron chi connectivity index (χ4n) is 2.69. The molecule has 9 heteroatoms. The normalized spacial score (nSPS) is 16.0. The zero-order valence-corrected chi connectivity index (χ0v) is 15.3. The molecule has 1 aliphatic heterocycles. The number of primary sulfonamides is 1. The lowest BCUT2D eigenvalue weighted by Crippen LogP contribution is -2.47. The summed E-state index contributed by atoms with van der Waals surface area (Å²) in [7, 11) is -3.73. The number of nitrogens with zero attached hydrogens (tertiary/aromatic N) is 4. The molecule has 0 unspecified atom stereocenters. The van der Waals surface area contributed by atoms with Crippen molar-refractivity contribution in [3.05, 3.63) is 29.3 Å². The fraction of sp³-hybridized carbons (Fsp3) is 0.467. The summed E-state index contributed by atoms with van der Waals surface area (Å²) in [6.07, 6.45) is 0. The monoisotopic (exact) mass is 367 g/mol. The van der Waals surface area contributed by atoms with E-state index in [0.29, 0.717) is 24.7 Å². The van der Waals surface area contributed by atoms with Crippen LogP contribution in [-0.2, 0) is 10.0 Å². The number of sulfonamides is 1. The van der Waals surface area contributed by atoms with Gasteiger partial charge in [0, 0.05) is 32.1 Å². The maximum atomic E-state index is 11.8. The van der Waals surface area contributed by atoms with Crippen LogP contribution in [0.25, 0.3) is 0 Å². The second-order valence-electron chi connectivity index (χ2n) is 6.06. The fourth-order valence-corrected chi connectivity index (χ4v) is 4.34. The van der Waals surface area contributed by atoms with Gasteiger partial charge in [0.25, 0.3) is 0 Å². The summed E-state index contributed by atoms with van der Waals surface area (Å²) >= 11 is 1.62. The number of aromatic nitrogens is 2. The van der Waals surface area contributed by atoms with Gasteiger partial charge >= 0.3 is 0 Å². The van der Waals surface area contributed by atoms with Gasteiger partial charge in [-0.2, -0.15) is 0 Å². The highest BCUT2D eigenvalue weighted by molar-refractivity contribution is 7.89. The van der Waals surface area contributed by atoms with Crippen LogP contribution >= 0.6 is 11.3 Å². The van der Waals surface area contributed by atoms with Crippen LogP contribution in [0.3, 0.4) is 0 Å². The Labute approximate surface area is 146 Å². The van der Waals surface area contributed by atoms with Crippen molar-refractivity contribution in [2.45, 2.75) is 24.7 Å². The minimum atomic E-state index is -3.73. The standard InChI is InChI=1S/C15H21N5O2S2/c1-11(2)14-17-18-15(23-14)20-9-7-19(8-10-20)12-5-3-4-6-13(12)24(16,21)22/h3-6,11H,7-10H2,1-2H3,(H2,16,21,22). The molecular formula is C15H21N5O2S2. The summed E-state index contributed by atoms with van der Waals surface area (Å²) in [6, 6.07) is 6.87. The first-order valence-corrected chi connectivity index (χ1v) is 10.2. The zero-order chi connectivity index (χ0) is 17.3. The first-order chi connectivity index (χ1) is 11.4. The lowest BCUT2D eigenvalue weighted by molar-refractivity contribution is 0.595. The Morgan fingerprint density at radius 2 is 1.71 bits per heavy atom. The predicted molar refractivity (Wildman–Crippen MR) is 96.2 cm³/mol. The van der Waals surface area contributed by atoms with Crippen LogP contribution in [0.1, 0.15) is 24.8 Å². The molecule has 2 aromatic rings. The molecule has 0 spiro atoms. The second-order valence-corrected chi connectivity index (χ2v) is 8.58. The van der Waals surface area contributed by atoms with Crippen molar-refractivity contribution in [3.8, 4) is 0 Å². The number of benzene rings is 1. The van der Waals surface area contributed by atoms with E-state index in [1.807, 2.05) is 6.07 Å². The number of hydrogen-bond donors (Lipinski definition) is 1. The van der Waals surface area contributed by atoms with Gasteiger partial charge in [-0.25, -0.2) is 13.6 Å². The van der Waals surface area contributed by atoms with Crippen molar-refractivity contribution in [2.75, 3.05) is 36.0 Å². The number of anilines is 2. The van der Waals surface area contributed by atoms with E-state index in [2.05, 4.69) is 33.8 Å². The third-order valence-corrected chi connectivity index (χ3v) is 6.23. The summed E-state index contributed by atoms with van der Waals surface area (Å²) < 4.78 is 23.5. The smallest absolute Gasteiger partial charge is 0.240 e. The van der Waals surface area contributed by atoms with Crippen molar-refractivity contribution in [1.82, 2.24) is 10.2 Å². The Hall–Kier alpha value is -1.71. The highest BCUT2D eigenvalue weighted by atomic mass is 32.2. The quantitative estimate of drug-likeness (QED) is 0.883. The highest BCUT2D eigenvalue weighted by Crippen LogP contribution is 2.29. The molecule has 1 saturated heterocycles. The summed E-state index contributed by atoms with van der Waals surface area (Å²) in [4.78, 5) is 4.43. The zero-order valence-electron chi connectivity index (χ0n) is 13.7. The van der Waals surface area contributed by atoms with Crippen molar-refractivity contribution >= 4 is 32.2 Å². The molecule has 0 bridgehead atoms. The molecule has 2 heterocycles. The van der Waals surface area contributed by atoms with E-state index in [-0.39, 0.29) is 4.90 Å². The van der Waals surface area contributed by atoms with Gasteiger partial charge < -0.3 is 9.80 Å². The Bertz CT molecular complexity index is 811. The summed E-state index contributed by atoms with van der Waals surface area (Å²) in [6.45, 7) is 7.17. The van der Waals surface area contributed by atoms with Crippen LogP contribution in [0.15, 0.2) is 29.2 Å². The number of hydrogen-bond acceptors (Lipinski definition) is 7. The van der Waals surface area contributed by atoms with Gasteiger partial charge in [0.1, 0.15) is 9.90 Å². The Kier molecular flexibility index (Phi) is 4.75. The van der Waals surface area contributed by atoms with Gasteiger partial charge in [0.05, 0.1) is 5.69 Å². The van der Waals surface area contributed by atoms with Crippen LogP contribution in [0.5, 0.6) is 0 Å². The molecule has 0 amide bonds. The van der Waals surface area contributed by atoms with Crippen molar-refractivity contribution in [2.24, 2.45) is 5.14 Å². The van der Waals surface area contributed by atoms with Crippen molar-refractivity contribution in [1.29, 1.82) is 0 Å². The summed E-state index contributed by atoms with van der Waals surface area (Å²) in [5.41, 5.74) is 0.666. The second kappa shape index (κ2) is 6.66. The molecule has 3 rings (SSSR count). The first-order valence-electron chi connectivity index (χ1n) is 7.81. The van der Waals surface area contributed by atoms with E-state index in [0.717, 1.165) is 23.2 Å². The molecule has 1 aromatic heterocycles. The van der Waals surface area contributed by atoms with E-state index in [9.17, 15) is 8.42 Å². The predicted octanol–water partition coefficient (Wildman–Crippen LogP) is 1.64. The minimum Gasteiger partial charge on any atom is -0.367 e. The number of piperazine rings is 1. The Balaban J connectivity index is 1.74. The summed E-state index contributed by atoms with van der Waals surface area (Å²) in [5, 5.41) is 15.8. The lowest BCUT2D eigenvalue weighted by atomic mass is 10.2. The molecule has 1 aliphatic rings. The van der Waals surface area contributed by atoms with E-state index >= 15 is 0 Å². The van der Waals surface area contributed by atoms with E-state index in [1.165, 1.54) is 0 Å². The third-order valence-electron chi connectivity index (χ3n) is 3.99. The largest absolute Gasteiger partial charge is 0.367 e. The van der Waals surface area contributed by atoms with Gasteiger partial charge in [-0.05, 0) is 12.1 Å². The maximum absolute atomic E-state index is 11.8. The molecule has 0 atom stereocenters. The SMILES string of the molecule is CC(C)c1nnc(N2CCN(c3ccccc3S(N)(=O)=O)CC2)s1. The Morgan fingerprint density at radius 3 is 2.29 bits per heavy atom. The maximum Gasteiger partial charge on any atom is 0.240 e. The summed E-state index contributed by atoms with van der Waals surface area (Å²) in [5.74, 6) is 0.374. The molecular weight excluding hydrogens is 346 g/mol. The average Bonchev–Trinajstić information content (AvgIpc) is 3.04. The van der Waals surface area contributed by atoms with E-state index < -0.39 is 10.0 Å². The van der Waals surface area contributed by atoms with Gasteiger partial charge in [-0.3, -0.25) is 0 Å². The molecule has 24 heavy (non-hydrogen) atoms. The molecule has 0 aliphatic carbocycles. The van der Waals surface area contributed by atoms with Gasteiger partial charge in [0.15, 0.2) is 0 Å². The van der Waals surface area contributed by atoms with Crippen LogP contribution in [0.2, 0.25) is 0 Å². The topological polar surface area (TPSA) is 92.4 Å². The van der Waals surface area contributed by atoms with Crippen molar-refractivity contribution in [3.63, 3.8) is 0 Å². The molecule has 0 saturated carbocycles. The van der Waals surface area contributed by atoms with Crippen LogP contribution < -0.4 is 14.9 Å². The van der Waals surface area contributed by atoms with Crippen LogP contribution in [-0.4, -0.2) is 44.8 Å². The molecule has 0 radical (unpaired) electrons. The number of nitrogens with two attached hydrogens (primary N) is 1. The molecule has 1 aromatic carbocycles. The van der Waals surface area contributed by atoms with Gasteiger partial charge in [-0.15, -0.1) is 10.2 Å². The Morgan fingerprint density at radius 1 is 1.08 bits per heavy atom. The molecule has 130 valence electrons. The number of rotatable bonds is 4. The average molecular weight is 368 g/mol.